The molecule has 0 amide bonds. The fourth-order valence-corrected chi connectivity index (χ4v) is 1.42. The minimum absolute atomic E-state index is 0.193. The summed E-state index contributed by atoms with van der Waals surface area (Å²) in [6.45, 7) is 6.81. The Bertz CT molecular complexity index is 438. The van der Waals surface area contributed by atoms with E-state index in [1.54, 1.807) is 18.2 Å². The maximum absolute atomic E-state index is 11.5. The van der Waals surface area contributed by atoms with Gasteiger partial charge in [0.15, 0.2) is 0 Å². The van der Waals surface area contributed by atoms with Crippen LogP contribution < -0.4 is 10.5 Å². The molecule has 0 unspecified atom stereocenters. The van der Waals surface area contributed by atoms with Crippen LogP contribution in [0.25, 0.3) is 0 Å². The summed E-state index contributed by atoms with van der Waals surface area (Å²) in [5.41, 5.74) is 6.17. The molecule has 1 aromatic carbocycles. The minimum Gasteiger partial charge on any atom is -0.491 e. The van der Waals surface area contributed by atoms with Crippen LogP contribution in [0.1, 0.15) is 31.1 Å². The lowest BCUT2D eigenvalue weighted by atomic mass is 10.2. The number of rotatable bonds is 5. The summed E-state index contributed by atoms with van der Waals surface area (Å²) < 4.78 is 15.7. The average Bonchev–Trinajstić information content (AvgIpc) is 2.34. The highest BCUT2D eigenvalue weighted by Crippen LogP contribution is 2.20. The molecule has 0 fully saturated rings. The van der Waals surface area contributed by atoms with Crippen LogP contribution in [0.5, 0.6) is 5.75 Å². The second-order valence-electron chi connectivity index (χ2n) is 5.05. The molecule has 0 aromatic heterocycles. The molecule has 0 saturated carbocycles. The van der Waals surface area contributed by atoms with Crippen molar-refractivity contribution in [1.29, 1.82) is 0 Å². The topological polar surface area (TPSA) is 70.8 Å². The zero-order valence-corrected chi connectivity index (χ0v) is 11.9. The number of hydrogen-bond donors (Lipinski definition) is 1. The Hall–Kier alpha value is -1.75. The highest BCUT2D eigenvalue weighted by molar-refractivity contribution is 5.95. The summed E-state index contributed by atoms with van der Waals surface area (Å²) in [6.07, 6.45) is 0. The smallest absolute Gasteiger partial charge is 0.340 e. The number of nitrogen functional groups attached to an aromatic ring is 1. The number of hydrogen-bond acceptors (Lipinski definition) is 5. The van der Waals surface area contributed by atoms with E-state index in [1.807, 2.05) is 20.8 Å². The second kappa shape index (κ2) is 6.43. The average molecular weight is 267 g/mol. The molecule has 2 N–H and O–H groups in total. The molecule has 0 saturated heterocycles. The Kier molecular flexibility index (Phi) is 5.18. The molecule has 0 aliphatic heterocycles. The van der Waals surface area contributed by atoms with E-state index in [4.69, 9.17) is 15.2 Å². The highest BCUT2D eigenvalue weighted by atomic mass is 16.5. The zero-order valence-electron chi connectivity index (χ0n) is 11.9. The van der Waals surface area contributed by atoms with Crippen molar-refractivity contribution in [1.82, 2.24) is 0 Å². The lowest BCUT2D eigenvalue weighted by molar-refractivity contribution is -0.0163. The third-order valence-electron chi connectivity index (χ3n) is 2.32. The van der Waals surface area contributed by atoms with Gasteiger partial charge in [0.2, 0.25) is 0 Å². The number of ether oxygens (including phenoxy) is 3. The van der Waals surface area contributed by atoms with Gasteiger partial charge in [-0.05, 0) is 39.0 Å². The van der Waals surface area contributed by atoms with Crippen molar-refractivity contribution in [3.05, 3.63) is 23.8 Å². The summed E-state index contributed by atoms with van der Waals surface area (Å²) in [5.74, 6) is 0.0843. The molecule has 0 bridgehead atoms. The maximum Gasteiger partial charge on any atom is 0.340 e. The number of carbonyl (C=O) groups excluding carboxylic acids is 1. The van der Waals surface area contributed by atoms with Crippen LogP contribution in [0.3, 0.4) is 0 Å². The van der Waals surface area contributed by atoms with Gasteiger partial charge >= 0.3 is 5.97 Å². The first-order valence-electron chi connectivity index (χ1n) is 6.08. The Morgan fingerprint density at radius 2 is 1.95 bits per heavy atom. The van der Waals surface area contributed by atoms with Gasteiger partial charge in [0.1, 0.15) is 12.4 Å². The van der Waals surface area contributed by atoms with E-state index in [2.05, 4.69) is 4.74 Å². The summed E-state index contributed by atoms with van der Waals surface area (Å²) in [4.78, 5) is 11.5. The van der Waals surface area contributed by atoms with Gasteiger partial charge in [-0.3, -0.25) is 0 Å². The summed E-state index contributed by atoms with van der Waals surface area (Å²) in [7, 11) is 1.31. The van der Waals surface area contributed by atoms with Crippen LogP contribution in [0, 0.1) is 0 Å². The van der Waals surface area contributed by atoms with Gasteiger partial charge < -0.3 is 19.9 Å². The summed E-state index contributed by atoms with van der Waals surface area (Å²) in [6, 6.07) is 4.89. The predicted molar refractivity (Wildman–Crippen MR) is 73.4 cm³/mol. The number of esters is 1. The predicted octanol–water partition coefficient (Wildman–Crippen LogP) is 2.25. The van der Waals surface area contributed by atoms with E-state index in [1.165, 1.54) is 7.11 Å². The molecule has 1 rings (SSSR count). The second-order valence-corrected chi connectivity index (χ2v) is 5.05. The SMILES string of the molecule is COC(=O)c1cc(OCCOC(C)(C)C)ccc1N. The molecular weight excluding hydrogens is 246 g/mol. The van der Waals surface area contributed by atoms with Gasteiger partial charge in [0.25, 0.3) is 0 Å². The van der Waals surface area contributed by atoms with Crippen molar-refractivity contribution in [2.75, 3.05) is 26.1 Å². The normalized spacial score (nSPS) is 11.2. The lowest BCUT2D eigenvalue weighted by Crippen LogP contribution is -2.22. The number of carbonyl (C=O) groups is 1. The third kappa shape index (κ3) is 5.18. The Labute approximate surface area is 113 Å². The van der Waals surface area contributed by atoms with E-state index in [0.717, 1.165) is 0 Å². The molecule has 0 radical (unpaired) electrons. The quantitative estimate of drug-likeness (QED) is 0.503. The number of benzene rings is 1. The molecule has 0 aliphatic carbocycles. The van der Waals surface area contributed by atoms with Gasteiger partial charge in [-0.1, -0.05) is 0 Å². The molecule has 0 spiro atoms. The molecule has 5 nitrogen and oxygen atoms in total. The molecule has 5 heteroatoms. The first-order valence-corrected chi connectivity index (χ1v) is 6.08. The van der Waals surface area contributed by atoms with Crippen molar-refractivity contribution in [3.63, 3.8) is 0 Å². The van der Waals surface area contributed by atoms with Crippen molar-refractivity contribution < 1.29 is 19.0 Å². The van der Waals surface area contributed by atoms with Crippen LogP contribution in [0.2, 0.25) is 0 Å². The van der Waals surface area contributed by atoms with Crippen molar-refractivity contribution >= 4 is 11.7 Å². The maximum atomic E-state index is 11.5. The molecule has 1 aromatic rings. The molecular formula is C14H21NO4. The molecule has 19 heavy (non-hydrogen) atoms. The lowest BCUT2D eigenvalue weighted by Gasteiger charge is -2.19. The fourth-order valence-electron chi connectivity index (χ4n) is 1.42. The molecule has 106 valence electrons. The van der Waals surface area contributed by atoms with E-state index in [9.17, 15) is 4.79 Å². The van der Waals surface area contributed by atoms with Crippen LogP contribution in [0.4, 0.5) is 5.69 Å². The van der Waals surface area contributed by atoms with Crippen LogP contribution >= 0.6 is 0 Å². The van der Waals surface area contributed by atoms with E-state index < -0.39 is 5.97 Å². The van der Waals surface area contributed by atoms with Crippen LogP contribution in [-0.4, -0.2) is 31.9 Å². The zero-order chi connectivity index (χ0) is 14.5. The molecule has 0 aliphatic rings. The minimum atomic E-state index is -0.478. The van der Waals surface area contributed by atoms with Crippen molar-refractivity contribution in [3.8, 4) is 5.75 Å². The van der Waals surface area contributed by atoms with Gasteiger partial charge in [-0.25, -0.2) is 4.79 Å². The Morgan fingerprint density at radius 3 is 2.53 bits per heavy atom. The molecule has 0 heterocycles. The van der Waals surface area contributed by atoms with Gasteiger partial charge in [0, 0.05) is 5.69 Å². The molecule has 0 atom stereocenters. The summed E-state index contributed by atoms with van der Waals surface area (Å²) >= 11 is 0. The van der Waals surface area contributed by atoms with Crippen molar-refractivity contribution in [2.45, 2.75) is 26.4 Å². The fraction of sp³-hybridized carbons (Fsp3) is 0.500. The number of methoxy groups -OCH3 is 1. The van der Waals surface area contributed by atoms with Crippen LogP contribution in [0.15, 0.2) is 18.2 Å². The first-order chi connectivity index (χ1) is 8.83. The number of anilines is 1. The summed E-state index contributed by atoms with van der Waals surface area (Å²) in [5, 5.41) is 0. The monoisotopic (exact) mass is 267 g/mol. The van der Waals surface area contributed by atoms with Crippen molar-refractivity contribution in [2.24, 2.45) is 0 Å². The van der Waals surface area contributed by atoms with Gasteiger partial charge in [0.05, 0.1) is 24.9 Å². The largest absolute Gasteiger partial charge is 0.491 e. The van der Waals surface area contributed by atoms with E-state index in [0.29, 0.717) is 30.2 Å². The Morgan fingerprint density at radius 1 is 1.26 bits per heavy atom. The highest BCUT2D eigenvalue weighted by Gasteiger charge is 2.12. The van der Waals surface area contributed by atoms with Gasteiger partial charge in [-0.15, -0.1) is 0 Å². The third-order valence-corrected chi connectivity index (χ3v) is 2.32. The standard InChI is InChI=1S/C14H21NO4/c1-14(2,3)19-8-7-18-10-5-6-12(15)11(9-10)13(16)17-4/h5-6,9H,7-8,15H2,1-4H3. The number of nitrogens with two attached hydrogens (primary N) is 1. The Balaban J connectivity index is 2.58. The van der Waals surface area contributed by atoms with E-state index >= 15 is 0 Å². The first kappa shape index (κ1) is 15.3. The van der Waals surface area contributed by atoms with Gasteiger partial charge in [-0.2, -0.15) is 0 Å². The van der Waals surface area contributed by atoms with Crippen LogP contribution in [-0.2, 0) is 9.47 Å². The van der Waals surface area contributed by atoms with E-state index in [-0.39, 0.29) is 5.60 Å².